The van der Waals surface area contributed by atoms with Crippen LogP contribution in [-0.2, 0) is 6.54 Å². The third-order valence-electron chi connectivity index (χ3n) is 2.54. The fourth-order valence-corrected chi connectivity index (χ4v) is 1.80. The van der Waals surface area contributed by atoms with E-state index in [0.29, 0.717) is 17.9 Å². The van der Waals surface area contributed by atoms with Crippen LogP contribution >= 0.6 is 15.9 Å². The minimum absolute atomic E-state index is 0.165. The summed E-state index contributed by atoms with van der Waals surface area (Å²) < 4.78 is 1.01. The molecule has 0 unspecified atom stereocenters. The second-order valence-corrected chi connectivity index (χ2v) is 4.80. The quantitative estimate of drug-likeness (QED) is 0.595. The lowest BCUT2D eigenvalue weighted by molar-refractivity contribution is 0.0951. The summed E-state index contributed by atoms with van der Waals surface area (Å²) in [5.74, 6) is 5.54. The number of anilines is 1. The van der Waals surface area contributed by atoms with E-state index in [1.807, 2.05) is 24.3 Å². The molecule has 0 aliphatic carbocycles. The van der Waals surface area contributed by atoms with E-state index in [4.69, 9.17) is 5.84 Å². The molecule has 1 amide bonds. The summed E-state index contributed by atoms with van der Waals surface area (Å²) in [6.45, 7) is 0.472. The van der Waals surface area contributed by atoms with Crippen molar-refractivity contribution >= 4 is 27.7 Å². The van der Waals surface area contributed by atoms with Crippen LogP contribution in [0.2, 0.25) is 0 Å². The smallest absolute Gasteiger partial charge is 0.251 e. The van der Waals surface area contributed by atoms with Crippen LogP contribution in [0.1, 0.15) is 15.9 Å². The Bertz CT molecular complexity index is 571. The SMILES string of the molecule is NNc1cc(C(=O)NCc2ccc(Br)cc2)ccn1. The van der Waals surface area contributed by atoms with Gasteiger partial charge in [-0.2, -0.15) is 0 Å². The molecule has 0 fully saturated rings. The van der Waals surface area contributed by atoms with E-state index < -0.39 is 0 Å². The number of pyridine rings is 1. The third-order valence-corrected chi connectivity index (χ3v) is 3.06. The Morgan fingerprint density at radius 1 is 1.26 bits per heavy atom. The van der Waals surface area contributed by atoms with Gasteiger partial charge >= 0.3 is 0 Å². The van der Waals surface area contributed by atoms with Gasteiger partial charge in [-0.05, 0) is 29.8 Å². The molecule has 1 aromatic heterocycles. The highest BCUT2D eigenvalue weighted by molar-refractivity contribution is 9.10. The summed E-state index contributed by atoms with van der Waals surface area (Å²) in [5, 5.41) is 2.84. The number of nitrogen functional groups attached to an aromatic ring is 1. The Hall–Kier alpha value is -1.92. The first kappa shape index (κ1) is 13.5. The molecule has 5 nitrogen and oxygen atoms in total. The van der Waals surface area contributed by atoms with Crippen molar-refractivity contribution in [3.8, 4) is 0 Å². The van der Waals surface area contributed by atoms with Gasteiger partial charge in [-0.25, -0.2) is 10.8 Å². The maximum absolute atomic E-state index is 11.9. The molecule has 0 aliphatic rings. The highest BCUT2D eigenvalue weighted by Crippen LogP contribution is 2.10. The van der Waals surface area contributed by atoms with Gasteiger partial charge in [-0.15, -0.1) is 0 Å². The van der Waals surface area contributed by atoms with E-state index >= 15 is 0 Å². The number of amides is 1. The summed E-state index contributed by atoms with van der Waals surface area (Å²) in [5.41, 5.74) is 3.95. The minimum atomic E-state index is -0.165. The van der Waals surface area contributed by atoms with Crippen molar-refractivity contribution in [2.75, 3.05) is 5.43 Å². The number of nitrogens with two attached hydrogens (primary N) is 1. The van der Waals surface area contributed by atoms with Crippen molar-refractivity contribution in [2.45, 2.75) is 6.54 Å². The molecule has 0 spiro atoms. The molecule has 2 aromatic rings. The van der Waals surface area contributed by atoms with Crippen LogP contribution in [0.5, 0.6) is 0 Å². The molecule has 1 aromatic carbocycles. The molecule has 98 valence electrons. The zero-order chi connectivity index (χ0) is 13.7. The number of hydrazine groups is 1. The number of benzene rings is 1. The van der Waals surface area contributed by atoms with Crippen LogP contribution in [-0.4, -0.2) is 10.9 Å². The maximum atomic E-state index is 11.9. The Labute approximate surface area is 119 Å². The van der Waals surface area contributed by atoms with Gasteiger partial charge in [0.2, 0.25) is 0 Å². The lowest BCUT2D eigenvalue weighted by Crippen LogP contribution is -2.23. The van der Waals surface area contributed by atoms with Crippen molar-refractivity contribution in [3.63, 3.8) is 0 Å². The maximum Gasteiger partial charge on any atom is 0.251 e. The van der Waals surface area contributed by atoms with E-state index in [1.54, 1.807) is 12.1 Å². The molecule has 4 N–H and O–H groups in total. The predicted octanol–water partition coefficient (Wildman–Crippen LogP) is 2.06. The van der Waals surface area contributed by atoms with Crippen molar-refractivity contribution < 1.29 is 4.79 Å². The highest BCUT2D eigenvalue weighted by Gasteiger charge is 2.06. The third kappa shape index (κ3) is 3.77. The molecule has 0 atom stereocenters. The number of hydrogen-bond donors (Lipinski definition) is 3. The second-order valence-electron chi connectivity index (χ2n) is 3.88. The molecule has 0 radical (unpaired) electrons. The molecular weight excluding hydrogens is 308 g/mol. The van der Waals surface area contributed by atoms with E-state index in [9.17, 15) is 4.79 Å². The zero-order valence-electron chi connectivity index (χ0n) is 10.1. The molecule has 2 rings (SSSR count). The van der Waals surface area contributed by atoms with Crippen LogP contribution in [0.3, 0.4) is 0 Å². The number of carbonyl (C=O) groups is 1. The summed E-state index contributed by atoms with van der Waals surface area (Å²) >= 11 is 3.36. The van der Waals surface area contributed by atoms with Gasteiger partial charge in [0.05, 0.1) is 0 Å². The van der Waals surface area contributed by atoms with Crippen LogP contribution in [0, 0.1) is 0 Å². The van der Waals surface area contributed by atoms with Gasteiger partial charge in [-0.3, -0.25) is 4.79 Å². The number of nitrogens with zero attached hydrogens (tertiary/aromatic N) is 1. The average Bonchev–Trinajstić information content (AvgIpc) is 2.46. The Morgan fingerprint density at radius 3 is 2.68 bits per heavy atom. The molecule has 1 heterocycles. The predicted molar refractivity (Wildman–Crippen MR) is 77.4 cm³/mol. The Morgan fingerprint density at radius 2 is 2.00 bits per heavy atom. The number of halogens is 1. The number of aromatic nitrogens is 1. The van der Waals surface area contributed by atoms with E-state index in [1.165, 1.54) is 6.20 Å². The molecule has 0 aliphatic heterocycles. The zero-order valence-corrected chi connectivity index (χ0v) is 11.6. The summed E-state index contributed by atoms with van der Waals surface area (Å²) in [7, 11) is 0. The van der Waals surface area contributed by atoms with Gasteiger partial charge in [0.25, 0.3) is 5.91 Å². The first-order valence-corrected chi connectivity index (χ1v) is 6.43. The van der Waals surface area contributed by atoms with Gasteiger partial charge in [0.1, 0.15) is 5.82 Å². The molecule has 0 saturated heterocycles. The molecule has 6 heteroatoms. The highest BCUT2D eigenvalue weighted by atomic mass is 79.9. The van der Waals surface area contributed by atoms with E-state index in [2.05, 4.69) is 31.7 Å². The minimum Gasteiger partial charge on any atom is -0.348 e. The number of rotatable bonds is 4. The number of carbonyl (C=O) groups excluding carboxylic acids is 1. The lowest BCUT2D eigenvalue weighted by Gasteiger charge is -2.06. The van der Waals surface area contributed by atoms with Gasteiger partial charge in [0.15, 0.2) is 0 Å². The van der Waals surface area contributed by atoms with Crippen molar-refractivity contribution in [2.24, 2.45) is 5.84 Å². The average molecular weight is 321 g/mol. The largest absolute Gasteiger partial charge is 0.348 e. The van der Waals surface area contributed by atoms with Crippen molar-refractivity contribution in [1.29, 1.82) is 0 Å². The fraction of sp³-hybridized carbons (Fsp3) is 0.0769. The van der Waals surface area contributed by atoms with Gasteiger partial charge in [-0.1, -0.05) is 28.1 Å². The van der Waals surface area contributed by atoms with Crippen molar-refractivity contribution in [3.05, 3.63) is 58.2 Å². The Balaban J connectivity index is 1.99. The number of hydrogen-bond acceptors (Lipinski definition) is 4. The Kier molecular flexibility index (Phi) is 4.48. The molecule has 0 bridgehead atoms. The van der Waals surface area contributed by atoms with Crippen molar-refractivity contribution in [1.82, 2.24) is 10.3 Å². The molecule has 19 heavy (non-hydrogen) atoms. The van der Waals surface area contributed by atoms with Gasteiger partial charge < -0.3 is 10.7 Å². The molecule has 0 saturated carbocycles. The first-order valence-electron chi connectivity index (χ1n) is 5.64. The molecular formula is C13H13BrN4O. The number of nitrogens with one attached hydrogen (secondary N) is 2. The standard InChI is InChI=1S/C13H13BrN4O/c14-11-3-1-9(2-4-11)8-17-13(19)10-5-6-16-12(7-10)18-15/h1-7H,8,15H2,(H,16,18)(H,17,19). The van der Waals surface area contributed by atoms with Crippen LogP contribution in [0.4, 0.5) is 5.82 Å². The van der Waals surface area contributed by atoms with Crippen LogP contribution in [0.15, 0.2) is 47.1 Å². The van der Waals surface area contributed by atoms with Crippen LogP contribution in [0.25, 0.3) is 0 Å². The lowest BCUT2D eigenvalue weighted by atomic mass is 10.2. The van der Waals surface area contributed by atoms with Crippen LogP contribution < -0.4 is 16.6 Å². The van der Waals surface area contributed by atoms with Gasteiger partial charge in [0, 0.05) is 22.8 Å². The van der Waals surface area contributed by atoms with E-state index in [0.717, 1.165) is 10.0 Å². The fourth-order valence-electron chi connectivity index (χ4n) is 1.54. The first-order chi connectivity index (χ1) is 9.19. The summed E-state index contributed by atoms with van der Waals surface area (Å²) in [6.07, 6.45) is 1.53. The summed E-state index contributed by atoms with van der Waals surface area (Å²) in [4.78, 5) is 15.9. The summed E-state index contributed by atoms with van der Waals surface area (Å²) in [6, 6.07) is 11.0. The topological polar surface area (TPSA) is 80.0 Å². The second kappa shape index (κ2) is 6.31. The van der Waals surface area contributed by atoms with E-state index in [-0.39, 0.29) is 5.91 Å². The normalized spacial score (nSPS) is 10.0. The monoisotopic (exact) mass is 320 g/mol.